The summed E-state index contributed by atoms with van der Waals surface area (Å²) < 4.78 is 0. The molecule has 3 aromatic heterocycles. The lowest BCUT2D eigenvalue weighted by molar-refractivity contribution is 1.42. The van der Waals surface area contributed by atoms with Crippen molar-refractivity contribution in [1.82, 2.24) is 9.97 Å². The van der Waals surface area contributed by atoms with Crippen LogP contribution in [0.3, 0.4) is 0 Å². The van der Waals surface area contributed by atoms with Crippen LogP contribution in [0.1, 0.15) is 0 Å². The van der Waals surface area contributed by atoms with Crippen LogP contribution in [-0.4, -0.2) is 9.97 Å². The van der Waals surface area contributed by atoms with E-state index < -0.39 is 0 Å². The van der Waals surface area contributed by atoms with Gasteiger partial charge in [0.05, 0.1) is 22.1 Å². The Hall–Kier alpha value is -3.60. The largest absolute Gasteiger partial charge is 0.243 e. The highest BCUT2D eigenvalue weighted by Gasteiger charge is 2.17. The first-order valence-corrected chi connectivity index (χ1v) is 12.3. The molecule has 0 aliphatic carbocycles. The van der Waals surface area contributed by atoms with E-state index in [2.05, 4.69) is 95.7 Å². The summed E-state index contributed by atoms with van der Waals surface area (Å²) in [6.07, 6.45) is 0. The van der Waals surface area contributed by atoms with E-state index in [1.165, 1.54) is 20.5 Å². The zero-order valence-corrected chi connectivity index (χ0v) is 18.6. The molecule has 0 radical (unpaired) electrons. The molecule has 0 aliphatic heterocycles. The molecule has 7 rings (SSSR count). The molecule has 3 heterocycles. The summed E-state index contributed by atoms with van der Waals surface area (Å²) in [5.74, 6) is 0. The summed E-state index contributed by atoms with van der Waals surface area (Å²) in [6, 6.07) is 30.0. The van der Waals surface area contributed by atoms with E-state index >= 15 is 0 Å². The van der Waals surface area contributed by atoms with Gasteiger partial charge < -0.3 is 0 Å². The third-order valence-electron chi connectivity index (χ3n) is 6.05. The third-order valence-corrected chi connectivity index (χ3v) is 7.86. The number of rotatable bonds is 2. The topological polar surface area (TPSA) is 25.8 Å². The van der Waals surface area contributed by atoms with E-state index in [0.29, 0.717) is 0 Å². The first kappa shape index (κ1) is 18.0. The maximum atomic E-state index is 5.33. The molecule has 0 saturated heterocycles. The fraction of sp³-hybridized carbons (Fsp3) is 0. The van der Waals surface area contributed by atoms with Gasteiger partial charge in [-0.2, -0.15) is 0 Å². The first-order valence-electron chi connectivity index (χ1n) is 10.5. The summed E-state index contributed by atoms with van der Waals surface area (Å²) in [5, 5.41) is 8.97. The molecule has 0 saturated carbocycles. The fourth-order valence-corrected chi connectivity index (χ4v) is 6.13. The molecule has 0 spiro atoms. The number of thiophene rings is 2. The van der Waals surface area contributed by atoms with E-state index in [0.717, 1.165) is 44.0 Å². The normalized spacial score (nSPS) is 11.8. The van der Waals surface area contributed by atoms with Gasteiger partial charge in [-0.15, -0.1) is 22.7 Å². The SMILES string of the molecule is c1csc(-c2ccc(-c3cccs3)c3nc4c5ccccc5c5ccccc5c4nc23)c1. The highest BCUT2D eigenvalue weighted by Crippen LogP contribution is 2.40. The number of nitrogens with zero attached hydrogens (tertiary/aromatic N) is 2. The maximum absolute atomic E-state index is 5.33. The van der Waals surface area contributed by atoms with Gasteiger partial charge >= 0.3 is 0 Å². The van der Waals surface area contributed by atoms with Crippen molar-refractivity contribution >= 4 is 66.3 Å². The summed E-state index contributed by atoms with van der Waals surface area (Å²) in [5.41, 5.74) is 6.14. The molecule has 0 unspecified atom stereocenters. The smallest absolute Gasteiger partial charge is 0.0988 e. The van der Waals surface area contributed by atoms with Crippen molar-refractivity contribution in [2.75, 3.05) is 0 Å². The van der Waals surface area contributed by atoms with Crippen LogP contribution < -0.4 is 0 Å². The Morgan fingerprint density at radius 3 is 1.25 bits per heavy atom. The van der Waals surface area contributed by atoms with E-state index in [-0.39, 0.29) is 0 Å². The van der Waals surface area contributed by atoms with E-state index in [4.69, 9.17) is 9.97 Å². The minimum atomic E-state index is 0.964. The highest BCUT2D eigenvalue weighted by molar-refractivity contribution is 7.14. The second-order valence-electron chi connectivity index (χ2n) is 7.82. The molecule has 0 amide bonds. The van der Waals surface area contributed by atoms with Gasteiger partial charge in [0.2, 0.25) is 0 Å². The molecular formula is C28H16N2S2. The van der Waals surface area contributed by atoms with Crippen LogP contribution >= 0.6 is 22.7 Å². The lowest BCUT2D eigenvalue weighted by Gasteiger charge is -2.13. The molecule has 0 atom stereocenters. The number of fused-ring (bicyclic) bond motifs is 7. The number of aromatic nitrogens is 2. The van der Waals surface area contributed by atoms with Crippen LogP contribution in [0.2, 0.25) is 0 Å². The molecule has 0 aliphatic rings. The molecular weight excluding hydrogens is 428 g/mol. The average molecular weight is 445 g/mol. The molecule has 0 N–H and O–H groups in total. The number of hydrogen-bond acceptors (Lipinski definition) is 4. The lowest BCUT2D eigenvalue weighted by Crippen LogP contribution is -1.94. The standard InChI is InChI=1S/C28H16N2S2/c1-3-9-19-17(7-1)18-8-2-4-10-20(18)26-25(19)29-27-21(23-11-5-15-31-23)13-14-22(28(27)30-26)24-12-6-16-32-24/h1-16H. The van der Waals surface area contributed by atoms with Crippen molar-refractivity contribution in [3.05, 3.63) is 95.7 Å². The summed E-state index contributed by atoms with van der Waals surface area (Å²) in [6.45, 7) is 0. The van der Waals surface area contributed by atoms with Gasteiger partial charge in [0.25, 0.3) is 0 Å². The van der Waals surface area contributed by atoms with Crippen molar-refractivity contribution in [1.29, 1.82) is 0 Å². The molecule has 7 aromatic rings. The molecule has 4 heteroatoms. The zero-order valence-electron chi connectivity index (χ0n) is 16.9. The Morgan fingerprint density at radius 1 is 0.406 bits per heavy atom. The summed E-state index contributed by atoms with van der Waals surface area (Å²) >= 11 is 3.48. The first-order chi connectivity index (χ1) is 15.9. The second kappa shape index (κ2) is 6.95. The van der Waals surface area contributed by atoms with Gasteiger partial charge in [-0.25, -0.2) is 9.97 Å². The zero-order chi connectivity index (χ0) is 21.1. The van der Waals surface area contributed by atoms with Crippen LogP contribution in [0.15, 0.2) is 95.7 Å². The lowest BCUT2D eigenvalue weighted by atomic mass is 9.98. The second-order valence-corrected chi connectivity index (χ2v) is 9.72. The minimum absolute atomic E-state index is 0.964. The van der Waals surface area contributed by atoms with Crippen molar-refractivity contribution in [2.45, 2.75) is 0 Å². The third kappa shape index (κ3) is 2.57. The van der Waals surface area contributed by atoms with E-state index in [1.807, 2.05) is 0 Å². The monoisotopic (exact) mass is 444 g/mol. The Labute approximate surface area is 192 Å². The van der Waals surface area contributed by atoms with E-state index in [1.54, 1.807) is 22.7 Å². The van der Waals surface area contributed by atoms with E-state index in [9.17, 15) is 0 Å². The van der Waals surface area contributed by atoms with Crippen molar-refractivity contribution in [3.63, 3.8) is 0 Å². The summed E-state index contributed by atoms with van der Waals surface area (Å²) in [4.78, 5) is 13.1. The van der Waals surface area contributed by atoms with Gasteiger partial charge in [-0.05, 0) is 33.7 Å². The average Bonchev–Trinajstić information content (AvgIpc) is 3.57. The van der Waals surface area contributed by atoms with Crippen molar-refractivity contribution in [2.24, 2.45) is 0 Å². The van der Waals surface area contributed by atoms with Crippen LogP contribution in [0, 0.1) is 0 Å². The predicted molar refractivity (Wildman–Crippen MR) is 139 cm³/mol. The van der Waals surface area contributed by atoms with Gasteiger partial charge in [0, 0.05) is 31.7 Å². The molecule has 4 aromatic carbocycles. The highest BCUT2D eigenvalue weighted by atomic mass is 32.1. The van der Waals surface area contributed by atoms with Gasteiger partial charge in [0.1, 0.15) is 0 Å². The fourth-order valence-electron chi connectivity index (χ4n) is 4.62. The predicted octanol–water partition coefficient (Wildman–Crippen LogP) is 8.55. The molecule has 150 valence electrons. The Kier molecular flexibility index (Phi) is 3.92. The Balaban J connectivity index is 1.73. The molecule has 0 fully saturated rings. The number of benzene rings is 4. The van der Waals surface area contributed by atoms with Crippen LogP contribution in [0.4, 0.5) is 0 Å². The Morgan fingerprint density at radius 2 is 0.844 bits per heavy atom. The van der Waals surface area contributed by atoms with Gasteiger partial charge in [-0.3, -0.25) is 0 Å². The van der Waals surface area contributed by atoms with Crippen molar-refractivity contribution in [3.8, 4) is 20.9 Å². The molecule has 32 heavy (non-hydrogen) atoms. The van der Waals surface area contributed by atoms with Crippen LogP contribution in [0.5, 0.6) is 0 Å². The van der Waals surface area contributed by atoms with Crippen LogP contribution in [-0.2, 0) is 0 Å². The minimum Gasteiger partial charge on any atom is -0.243 e. The Bertz CT molecular complexity index is 1630. The quantitative estimate of drug-likeness (QED) is 0.197. The molecule has 0 bridgehead atoms. The maximum Gasteiger partial charge on any atom is 0.0988 e. The molecule has 2 nitrogen and oxygen atoms in total. The van der Waals surface area contributed by atoms with Gasteiger partial charge in [0.15, 0.2) is 0 Å². The van der Waals surface area contributed by atoms with Gasteiger partial charge in [-0.1, -0.05) is 72.8 Å². The van der Waals surface area contributed by atoms with Crippen LogP contribution in [0.25, 0.3) is 64.5 Å². The van der Waals surface area contributed by atoms with Crippen molar-refractivity contribution < 1.29 is 0 Å². The number of hydrogen-bond donors (Lipinski definition) is 0. The summed E-state index contributed by atoms with van der Waals surface area (Å²) in [7, 11) is 0.